The zero-order valence-electron chi connectivity index (χ0n) is 7.90. The van der Waals surface area contributed by atoms with E-state index in [1.165, 1.54) is 11.8 Å². The number of thioether (sulfide) groups is 1. The Balaban J connectivity index is 2.30. The Morgan fingerprint density at radius 3 is 3.00 bits per heavy atom. The number of nitrogens with zero attached hydrogens (tertiary/aromatic N) is 1. The molecule has 0 atom stereocenters. The zero-order chi connectivity index (χ0) is 9.97. The van der Waals surface area contributed by atoms with Gasteiger partial charge in [0.2, 0.25) is 0 Å². The van der Waals surface area contributed by atoms with Gasteiger partial charge in [0.1, 0.15) is 10.8 Å². The molecule has 1 aromatic heterocycles. The summed E-state index contributed by atoms with van der Waals surface area (Å²) in [6.07, 6.45) is 6.89. The van der Waals surface area contributed by atoms with Crippen molar-refractivity contribution >= 4 is 18.0 Å². The number of aldehydes is 1. The standard InChI is InChI=1S/C10H11NO2S/c1-14-10-8(6-12)9(4-5-11-10)13-7-2-3-7/h4-7H,2-3H2,1H3. The number of hydrogen-bond donors (Lipinski definition) is 0. The molecule has 0 saturated heterocycles. The quantitative estimate of drug-likeness (QED) is 0.562. The molecule has 1 saturated carbocycles. The van der Waals surface area contributed by atoms with Crippen LogP contribution in [0, 0.1) is 0 Å². The van der Waals surface area contributed by atoms with Gasteiger partial charge in [0.15, 0.2) is 6.29 Å². The van der Waals surface area contributed by atoms with Crippen LogP contribution in [0.1, 0.15) is 23.2 Å². The Kier molecular flexibility index (Phi) is 2.72. The summed E-state index contributed by atoms with van der Waals surface area (Å²) >= 11 is 1.46. The van der Waals surface area contributed by atoms with Crippen molar-refractivity contribution in [2.75, 3.05) is 6.26 Å². The lowest BCUT2D eigenvalue weighted by atomic mass is 10.3. The number of rotatable bonds is 4. The van der Waals surface area contributed by atoms with Crippen molar-refractivity contribution < 1.29 is 9.53 Å². The second kappa shape index (κ2) is 4.00. The van der Waals surface area contributed by atoms with Crippen LogP contribution in [0.5, 0.6) is 5.75 Å². The van der Waals surface area contributed by atoms with Gasteiger partial charge in [0.05, 0.1) is 11.7 Å². The van der Waals surface area contributed by atoms with Crippen LogP contribution in [-0.2, 0) is 0 Å². The molecule has 1 aliphatic carbocycles. The van der Waals surface area contributed by atoms with E-state index in [-0.39, 0.29) is 0 Å². The molecule has 0 spiro atoms. The molecule has 0 N–H and O–H groups in total. The molecule has 0 bridgehead atoms. The molecular weight excluding hydrogens is 198 g/mol. The Morgan fingerprint density at radius 1 is 1.64 bits per heavy atom. The normalized spacial score (nSPS) is 15.2. The minimum atomic E-state index is 0.311. The lowest BCUT2D eigenvalue weighted by Gasteiger charge is -2.08. The van der Waals surface area contributed by atoms with E-state index in [9.17, 15) is 4.79 Å². The van der Waals surface area contributed by atoms with E-state index in [4.69, 9.17) is 4.74 Å². The van der Waals surface area contributed by atoms with Gasteiger partial charge in [0, 0.05) is 6.20 Å². The molecule has 2 rings (SSSR count). The van der Waals surface area contributed by atoms with Crippen molar-refractivity contribution in [2.45, 2.75) is 24.0 Å². The molecule has 0 unspecified atom stereocenters. The van der Waals surface area contributed by atoms with Crippen LogP contribution in [0.25, 0.3) is 0 Å². The molecule has 4 heteroatoms. The van der Waals surface area contributed by atoms with Gasteiger partial charge >= 0.3 is 0 Å². The number of pyridine rings is 1. The van der Waals surface area contributed by atoms with E-state index in [2.05, 4.69) is 4.98 Å². The van der Waals surface area contributed by atoms with Crippen LogP contribution < -0.4 is 4.74 Å². The molecule has 1 aromatic rings. The molecule has 0 aliphatic heterocycles. The van der Waals surface area contributed by atoms with Crippen molar-refractivity contribution in [2.24, 2.45) is 0 Å². The van der Waals surface area contributed by atoms with Gasteiger partial charge in [-0.2, -0.15) is 0 Å². The highest BCUT2D eigenvalue weighted by atomic mass is 32.2. The molecule has 3 nitrogen and oxygen atoms in total. The first-order chi connectivity index (χ1) is 6.85. The van der Waals surface area contributed by atoms with Gasteiger partial charge in [-0.15, -0.1) is 11.8 Å². The Morgan fingerprint density at radius 2 is 2.43 bits per heavy atom. The third-order valence-electron chi connectivity index (χ3n) is 2.04. The van der Waals surface area contributed by atoms with E-state index < -0.39 is 0 Å². The number of carbonyl (C=O) groups is 1. The van der Waals surface area contributed by atoms with Crippen LogP contribution in [0.4, 0.5) is 0 Å². The van der Waals surface area contributed by atoms with Crippen LogP contribution in [0.2, 0.25) is 0 Å². The number of aromatic nitrogens is 1. The lowest BCUT2D eigenvalue weighted by Crippen LogP contribution is -2.01. The van der Waals surface area contributed by atoms with Gasteiger partial charge in [-0.05, 0) is 25.2 Å². The summed E-state index contributed by atoms with van der Waals surface area (Å²) < 4.78 is 5.61. The van der Waals surface area contributed by atoms with Gasteiger partial charge in [0.25, 0.3) is 0 Å². The Hall–Kier alpha value is -1.03. The Labute approximate surface area is 86.9 Å². The van der Waals surface area contributed by atoms with E-state index in [0.717, 1.165) is 24.2 Å². The summed E-state index contributed by atoms with van der Waals surface area (Å²) in [4.78, 5) is 15.0. The molecule has 0 amide bonds. The summed E-state index contributed by atoms with van der Waals surface area (Å²) in [5, 5.41) is 0.734. The van der Waals surface area contributed by atoms with Gasteiger partial charge in [-0.25, -0.2) is 4.98 Å². The number of carbonyl (C=O) groups excluding carboxylic acids is 1. The molecule has 74 valence electrons. The highest BCUT2D eigenvalue weighted by molar-refractivity contribution is 7.98. The summed E-state index contributed by atoms with van der Waals surface area (Å²) in [6.45, 7) is 0. The number of ether oxygens (including phenoxy) is 1. The first-order valence-electron chi connectivity index (χ1n) is 4.50. The van der Waals surface area contributed by atoms with Crippen molar-refractivity contribution in [3.63, 3.8) is 0 Å². The van der Waals surface area contributed by atoms with Crippen molar-refractivity contribution in [1.29, 1.82) is 0 Å². The highest BCUT2D eigenvalue weighted by Crippen LogP contribution is 2.31. The van der Waals surface area contributed by atoms with Crippen LogP contribution >= 0.6 is 11.8 Å². The van der Waals surface area contributed by atoms with Gasteiger partial charge in [-0.1, -0.05) is 0 Å². The molecule has 1 fully saturated rings. The first kappa shape index (κ1) is 9.52. The third kappa shape index (κ3) is 1.90. The smallest absolute Gasteiger partial charge is 0.156 e. The summed E-state index contributed by atoms with van der Waals surface area (Å²) in [5.74, 6) is 0.668. The lowest BCUT2D eigenvalue weighted by molar-refractivity contribution is 0.111. The van der Waals surface area contributed by atoms with Crippen molar-refractivity contribution in [1.82, 2.24) is 4.98 Å². The first-order valence-corrected chi connectivity index (χ1v) is 5.72. The maximum absolute atomic E-state index is 10.9. The minimum absolute atomic E-state index is 0.311. The van der Waals surface area contributed by atoms with Crippen LogP contribution in [-0.4, -0.2) is 23.6 Å². The predicted octanol–water partition coefficient (Wildman–Crippen LogP) is 2.16. The molecule has 14 heavy (non-hydrogen) atoms. The molecule has 1 aliphatic rings. The monoisotopic (exact) mass is 209 g/mol. The predicted molar refractivity (Wildman–Crippen MR) is 55.1 cm³/mol. The average Bonchev–Trinajstić information content (AvgIpc) is 3.01. The number of hydrogen-bond acceptors (Lipinski definition) is 4. The fourth-order valence-corrected chi connectivity index (χ4v) is 1.71. The summed E-state index contributed by atoms with van der Waals surface area (Å²) in [5.41, 5.74) is 0.576. The second-order valence-electron chi connectivity index (χ2n) is 3.17. The van der Waals surface area contributed by atoms with Gasteiger partial charge in [-0.3, -0.25) is 4.79 Å². The second-order valence-corrected chi connectivity index (χ2v) is 3.96. The third-order valence-corrected chi connectivity index (χ3v) is 2.75. The maximum atomic E-state index is 10.9. The molecular formula is C10H11NO2S. The highest BCUT2D eigenvalue weighted by Gasteiger charge is 2.25. The fourth-order valence-electron chi connectivity index (χ4n) is 1.18. The largest absolute Gasteiger partial charge is 0.490 e. The van der Waals surface area contributed by atoms with E-state index in [1.54, 1.807) is 12.3 Å². The van der Waals surface area contributed by atoms with E-state index in [0.29, 0.717) is 17.4 Å². The molecule has 0 radical (unpaired) electrons. The van der Waals surface area contributed by atoms with E-state index in [1.807, 2.05) is 6.26 Å². The van der Waals surface area contributed by atoms with Crippen LogP contribution in [0.15, 0.2) is 17.3 Å². The molecule has 0 aromatic carbocycles. The van der Waals surface area contributed by atoms with Gasteiger partial charge < -0.3 is 4.74 Å². The van der Waals surface area contributed by atoms with Crippen LogP contribution in [0.3, 0.4) is 0 Å². The molecule has 1 heterocycles. The zero-order valence-corrected chi connectivity index (χ0v) is 8.71. The average molecular weight is 209 g/mol. The topological polar surface area (TPSA) is 39.2 Å². The summed E-state index contributed by atoms with van der Waals surface area (Å²) in [6, 6.07) is 1.75. The fraction of sp³-hybridized carbons (Fsp3) is 0.400. The summed E-state index contributed by atoms with van der Waals surface area (Å²) in [7, 11) is 0. The van der Waals surface area contributed by atoms with Crippen molar-refractivity contribution in [3.05, 3.63) is 17.8 Å². The van der Waals surface area contributed by atoms with Crippen molar-refractivity contribution in [3.8, 4) is 5.75 Å². The SMILES string of the molecule is CSc1nccc(OC2CC2)c1C=O. The minimum Gasteiger partial charge on any atom is -0.490 e. The Bertz CT molecular complexity index is 350. The van der Waals surface area contributed by atoms with E-state index >= 15 is 0 Å². The maximum Gasteiger partial charge on any atom is 0.156 e.